The van der Waals surface area contributed by atoms with Gasteiger partial charge in [0.05, 0.1) is 0 Å². The van der Waals surface area contributed by atoms with Gasteiger partial charge in [0, 0.05) is 6.42 Å². The number of hydrogen-bond donors (Lipinski definition) is 0. The van der Waals surface area contributed by atoms with Gasteiger partial charge < -0.3 is 0 Å². The van der Waals surface area contributed by atoms with E-state index < -0.39 is 0 Å². The van der Waals surface area contributed by atoms with Gasteiger partial charge in [-0.2, -0.15) is 0 Å². The lowest BCUT2D eigenvalue weighted by Gasteiger charge is -2.19. The average molecular weight is 270 g/mol. The molecule has 0 atom stereocenters. The van der Waals surface area contributed by atoms with Crippen molar-refractivity contribution in [2.75, 3.05) is 0 Å². The first-order valence-corrected chi connectivity index (χ1v) is 7.78. The zero-order chi connectivity index (χ0) is 14.6. The maximum absolute atomic E-state index is 12.3. The summed E-state index contributed by atoms with van der Waals surface area (Å²) in [5.41, 5.74) is 3.68. The van der Waals surface area contributed by atoms with Crippen LogP contribution in [-0.4, -0.2) is 5.78 Å². The predicted octanol–water partition coefficient (Wildman–Crippen LogP) is 4.99. The first-order chi connectivity index (χ1) is 9.47. The number of carbonyl (C=O) groups excluding carboxylic acids is 1. The first-order valence-electron chi connectivity index (χ1n) is 7.78. The fourth-order valence-corrected chi connectivity index (χ4v) is 2.69. The highest BCUT2D eigenvalue weighted by atomic mass is 16.1. The highest BCUT2D eigenvalue weighted by Crippen LogP contribution is 2.23. The number of hydrogen-bond acceptors (Lipinski definition) is 1. The smallest absolute Gasteiger partial charge is 0.162 e. The van der Waals surface area contributed by atoms with E-state index in [-0.39, 0.29) is 5.41 Å². The molecule has 0 heterocycles. The zero-order valence-corrected chi connectivity index (χ0v) is 13.0. The third-order valence-corrected chi connectivity index (χ3v) is 4.08. The zero-order valence-electron chi connectivity index (χ0n) is 13.0. The van der Waals surface area contributed by atoms with Crippen LogP contribution in [0.15, 0.2) is 35.9 Å². The van der Waals surface area contributed by atoms with Crippen LogP contribution in [-0.2, 0) is 16.6 Å². The summed E-state index contributed by atoms with van der Waals surface area (Å²) in [6.45, 7) is 6.64. The van der Waals surface area contributed by atoms with Crippen LogP contribution in [0.1, 0.15) is 64.0 Å². The molecule has 1 nitrogen and oxygen atoms in total. The minimum Gasteiger partial charge on any atom is -0.294 e. The van der Waals surface area contributed by atoms with E-state index in [4.69, 9.17) is 0 Å². The van der Waals surface area contributed by atoms with Gasteiger partial charge in [-0.1, -0.05) is 57.5 Å². The van der Waals surface area contributed by atoms with E-state index >= 15 is 0 Å². The van der Waals surface area contributed by atoms with E-state index in [0.717, 1.165) is 24.0 Å². The molecule has 0 fully saturated rings. The monoisotopic (exact) mass is 270 g/mol. The number of rotatable bonds is 3. The van der Waals surface area contributed by atoms with Crippen LogP contribution < -0.4 is 0 Å². The number of benzene rings is 1. The second-order valence-electron chi connectivity index (χ2n) is 6.88. The van der Waals surface area contributed by atoms with Crippen LogP contribution in [0, 0.1) is 0 Å². The maximum Gasteiger partial charge on any atom is 0.162 e. The molecule has 20 heavy (non-hydrogen) atoms. The van der Waals surface area contributed by atoms with Crippen molar-refractivity contribution >= 4 is 5.78 Å². The number of carbonyl (C=O) groups is 1. The summed E-state index contributed by atoms with van der Waals surface area (Å²) in [7, 11) is 0. The van der Waals surface area contributed by atoms with Gasteiger partial charge in [-0.25, -0.2) is 0 Å². The van der Waals surface area contributed by atoms with Gasteiger partial charge in [-0.3, -0.25) is 4.79 Å². The quantitative estimate of drug-likeness (QED) is 0.756. The van der Waals surface area contributed by atoms with Crippen molar-refractivity contribution in [1.29, 1.82) is 0 Å². The fourth-order valence-electron chi connectivity index (χ4n) is 2.69. The first kappa shape index (κ1) is 15.0. The summed E-state index contributed by atoms with van der Waals surface area (Å²) in [6, 6.07) is 8.53. The molecule has 0 aromatic heterocycles. The molecule has 0 saturated carbocycles. The fraction of sp³-hybridized carbons (Fsp3) is 0.526. The van der Waals surface area contributed by atoms with Gasteiger partial charge in [-0.15, -0.1) is 0 Å². The molecule has 1 aromatic rings. The predicted molar refractivity (Wildman–Crippen MR) is 85.0 cm³/mol. The molecule has 1 aromatic carbocycles. The molecule has 0 unspecified atom stereocenters. The van der Waals surface area contributed by atoms with Crippen LogP contribution in [0.3, 0.4) is 0 Å². The standard InChI is InChI=1S/C19H26O/c1-19(2,3)17-12-10-15(11-13-17)14-18(20)16-8-6-4-5-7-9-16/h8,10-13H,4-7,9,14H2,1-3H3. The van der Waals surface area contributed by atoms with Crippen molar-refractivity contribution < 1.29 is 4.79 Å². The van der Waals surface area contributed by atoms with Crippen molar-refractivity contribution in [3.8, 4) is 0 Å². The van der Waals surface area contributed by atoms with Crippen molar-refractivity contribution in [3.05, 3.63) is 47.0 Å². The lowest BCUT2D eigenvalue weighted by molar-refractivity contribution is -0.115. The third kappa shape index (κ3) is 4.06. The topological polar surface area (TPSA) is 17.1 Å². The van der Waals surface area contributed by atoms with Crippen LogP contribution in [0.2, 0.25) is 0 Å². The van der Waals surface area contributed by atoms with Crippen molar-refractivity contribution in [2.45, 2.75) is 64.7 Å². The van der Waals surface area contributed by atoms with Gasteiger partial charge in [0.2, 0.25) is 0 Å². The molecule has 0 amide bonds. The Hall–Kier alpha value is -1.37. The Labute approximate surface area is 123 Å². The van der Waals surface area contributed by atoms with E-state index in [1.807, 2.05) is 0 Å². The molecule has 0 N–H and O–H groups in total. The molecule has 1 aliphatic rings. The van der Waals surface area contributed by atoms with Crippen LogP contribution >= 0.6 is 0 Å². The van der Waals surface area contributed by atoms with Crippen molar-refractivity contribution in [1.82, 2.24) is 0 Å². The average Bonchev–Trinajstić information content (AvgIpc) is 2.67. The van der Waals surface area contributed by atoms with E-state index in [1.54, 1.807) is 0 Å². The molecule has 0 radical (unpaired) electrons. The lowest BCUT2D eigenvalue weighted by atomic mass is 9.86. The summed E-state index contributed by atoms with van der Waals surface area (Å²) in [5, 5.41) is 0. The van der Waals surface area contributed by atoms with E-state index in [2.05, 4.69) is 51.1 Å². The van der Waals surface area contributed by atoms with Crippen LogP contribution in [0.4, 0.5) is 0 Å². The number of allylic oxidation sites excluding steroid dienone is 2. The molecule has 2 rings (SSSR count). The molecule has 0 bridgehead atoms. The lowest BCUT2D eigenvalue weighted by Crippen LogP contribution is -2.11. The van der Waals surface area contributed by atoms with E-state index in [9.17, 15) is 4.79 Å². The second kappa shape index (κ2) is 6.39. The summed E-state index contributed by atoms with van der Waals surface area (Å²) in [4.78, 5) is 12.3. The van der Waals surface area contributed by atoms with Gasteiger partial charge in [-0.05, 0) is 47.8 Å². The van der Waals surface area contributed by atoms with Gasteiger partial charge >= 0.3 is 0 Å². The Morgan fingerprint density at radius 1 is 1.05 bits per heavy atom. The summed E-state index contributed by atoms with van der Waals surface area (Å²) < 4.78 is 0. The van der Waals surface area contributed by atoms with Crippen LogP contribution in [0.25, 0.3) is 0 Å². The molecule has 0 aliphatic heterocycles. The van der Waals surface area contributed by atoms with E-state index in [1.165, 1.54) is 24.8 Å². The minimum absolute atomic E-state index is 0.173. The highest BCUT2D eigenvalue weighted by Gasteiger charge is 2.15. The summed E-state index contributed by atoms with van der Waals surface area (Å²) >= 11 is 0. The molecular formula is C19H26O. The molecule has 1 heteroatoms. The van der Waals surface area contributed by atoms with Crippen LogP contribution in [0.5, 0.6) is 0 Å². The van der Waals surface area contributed by atoms with Gasteiger partial charge in [0.1, 0.15) is 0 Å². The Morgan fingerprint density at radius 2 is 1.75 bits per heavy atom. The molecule has 0 saturated heterocycles. The highest BCUT2D eigenvalue weighted by molar-refractivity contribution is 5.96. The van der Waals surface area contributed by atoms with Crippen molar-refractivity contribution in [2.24, 2.45) is 0 Å². The Bertz CT molecular complexity index is 485. The van der Waals surface area contributed by atoms with Gasteiger partial charge in [0.25, 0.3) is 0 Å². The molecule has 108 valence electrons. The Kier molecular flexibility index (Phi) is 4.80. The summed E-state index contributed by atoms with van der Waals surface area (Å²) in [5.74, 6) is 0.315. The maximum atomic E-state index is 12.3. The number of ketones is 1. The minimum atomic E-state index is 0.173. The molecule has 0 spiro atoms. The van der Waals surface area contributed by atoms with Gasteiger partial charge in [0.15, 0.2) is 5.78 Å². The molecular weight excluding hydrogens is 244 g/mol. The summed E-state index contributed by atoms with van der Waals surface area (Å²) in [6.07, 6.45) is 8.42. The third-order valence-electron chi connectivity index (χ3n) is 4.08. The largest absolute Gasteiger partial charge is 0.294 e. The Morgan fingerprint density at radius 3 is 2.40 bits per heavy atom. The normalized spacial score (nSPS) is 16.4. The Balaban J connectivity index is 2.02. The second-order valence-corrected chi connectivity index (χ2v) is 6.88. The number of Topliss-reactive ketones (excluding diaryl/α,β-unsaturated/α-hetero) is 1. The van der Waals surface area contributed by atoms with Crippen molar-refractivity contribution in [3.63, 3.8) is 0 Å². The molecule has 1 aliphatic carbocycles. The van der Waals surface area contributed by atoms with E-state index in [0.29, 0.717) is 12.2 Å². The SMILES string of the molecule is CC(C)(C)c1ccc(CC(=O)C2=CCCCCC2)cc1.